The van der Waals surface area contributed by atoms with E-state index in [1.165, 1.54) is 16.1 Å². The number of pyridine rings is 1. The smallest absolute Gasteiger partial charge is 0.352 e. The fraction of sp³-hybridized carbons (Fsp3) is 0.421. The zero-order chi connectivity index (χ0) is 22.9. The fourth-order valence-electron chi connectivity index (χ4n) is 2.89. The molecule has 12 heteroatoms. The third kappa shape index (κ3) is 4.60. The van der Waals surface area contributed by atoms with Gasteiger partial charge in [0.05, 0.1) is 21.8 Å². The van der Waals surface area contributed by atoms with Crippen LogP contribution in [0.5, 0.6) is 5.88 Å². The molecule has 0 atom stereocenters. The van der Waals surface area contributed by atoms with E-state index in [2.05, 4.69) is 30.4 Å². The molecule has 0 saturated heterocycles. The molecule has 9 nitrogen and oxygen atoms in total. The molecule has 1 N–H and O–H groups in total. The van der Waals surface area contributed by atoms with E-state index in [0.717, 1.165) is 20.9 Å². The summed E-state index contributed by atoms with van der Waals surface area (Å²) in [7, 11) is 0. The monoisotopic (exact) mass is 513 g/mol. The summed E-state index contributed by atoms with van der Waals surface area (Å²) in [5.41, 5.74) is 0.0616. The first kappa shape index (κ1) is 23.2. The van der Waals surface area contributed by atoms with E-state index >= 15 is 4.39 Å². The summed E-state index contributed by atoms with van der Waals surface area (Å²) in [6, 6.07) is 1.00. The maximum atomic E-state index is 15.0. The minimum Gasteiger partial charge on any atom is -0.474 e. The number of aliphatic hydroxyl groups is 1. The number of Topliss-reactive ketones (excluding diaryl/α,β-unsaturated/α-hetero) is 1. The summed E-state index contributed by atoms with van der Waals surface area (Å²) in [5.74, 6) is -1.75. The fourth-order valence-corrected chi connectivity index (χ4v) is 4.22. The van der Waals surface area contributed by atoms with Gasteiger partial charge < -0.3 is 9.84 Å². The second-order valence-corrected chi connectivity index (χ2v) is 8.58. The van der Waals surface area contributed by atoms with Crippen LogP contribution in [0.15, 0.2) is 15.3 Å². The SMILES string of the molecule is CCn1c(CO)nn(-c2nc(OC(C)C)c(C(=O)Cc3snc(C)c3Br)cc2F)c1=O. The lowest BCUT2D eigenvalue weighted by Gasteiger charge is -2.14. The highest BCUT2D eigenvalue weighted by Crippen LogP contribution is 2.28. The number of rotatable bonds is 8. The third-order valence-electron chi connectivity index (χ3n) is 4.34. The van der Waals surface area contributed by atoms with Crippen molar-refractivity contribution in [2.24, 2.45) is 0 Å². The molecule has 0 unspecified atom stereocenters. The number of hydrogen-bond acceptors (Lipinski definition) is 8. The van der Waals surface area contributed by atoms with Gasteiger partial charge in [0.25, 0.3) is 0 Å². The van der Waals surface area contributed by atoms with Crippen LogP contribution in [0.3, 0.4) is 0 Å². The number of hydrogen-bond donors (Lipinski definition) is 1. The molecule has 0 aliphatic heterocycles. The summed E-state index contributed by atoms with van der Waals surface area (Å²) >= 11 is 4.58. The van der Waals surface area contributed by atoms with E-state index in [1.807, 2.05) is 6.92 Å². The van der Waals surface area contributed by atoms with Crippen molar-refractivity contribution in [2.75, 3.05) is 0 Å². The van der Waals surface area contributed by atoms with Crippen molar-refractivity contribution in [1.29, 1.82) is 0 Å². The Morgan fingerprint density at radius 2 is 2.13 bits per heavy atom. The average molecular weight is 514 g/mol. The van der Waals surface area contributed by atoms with E-state index in [4.69, 9.17) is 4.74 Å². The Kier molecular flexibility index (Phi) is 7.02. The predicted molar refractivity (Wildman–Crippen MR) is 116 cm³/mol. The highest BCUT2D eigenvalue weighted by Gasteiger charge is 2.25. The predicted octanol–water partition coefficient (Wildman–Crippen LogP) is 2.82. The second kappa shape index (κ2) is 9.37. The van der Waals surface area contributed by atoms with E-state index in [-0.39, 0.29) is 36.3 Å². The van der Waals surface area contributed by atoms with Crippen LogP contribution in [-0.2, 0) is 19.6 Å². The summed E-state index contributed by atoms with van der Waals surface area (Å²) in [6.07, 6.45) is -0.368. The number of carbonyl (C=O) groups excluding carboxylic acids is 1. The van der Waals surface area contributed by atoms with Crippen LogP contribution in [0.4, 0.5) is 4.39 Å². The van der Waals surface area contributed by atoms with Crippen molar-refractivity contribution in [3.05, 3.63) is 48.8 Å². The molecule has 3 aromatic rings. The summed E-state index contributed by atoms with van der Waals surface area (Å²) < 4.78 is 27.6. The Balaban J connectivity index is 2.09. The molecule has 0 fully saturated rings. The lowest BCUT2D eigenvalue weighted by molar-refractivity contribution is 0.0986. The molecule has 3 aromatic heterocycles. The number of ether oxygens (including phenoxy) is 1. The minimum absolute atomic E-state index is 0.0138. The maximum absolute atomic E-state index is 15.0. The summed E-state index contributed by atoms with van der Waals surface area (Å²) in [6.45, 7) is 6.74. The lowest BCUT2D eigenvalue weighted by atomic mass is 10.1. The van der Waals surface area contributed by atoms with Crippen molar-refractivity contribution in [3.8, 4) is 11.7 Å². The van der Waals surface area contributed by atoms with Gasteiger partial charge in [-0.05, 0) is 61.2 Å². The first-order valence-electron chi connectivity index (χ1n) is 9.48. The number of nitrogens with zero attached hydrogens (tertiary/aromatic N) is 5. The quantitative estimate of drug-likeness (QED) is 0.460. The molecule has 0 aliphatic carbocycles. The molecule has 3 rings (SSSR count). The van der Waals surface area contributed by atoms with E-state index in [9.17, 15) is 14.7 Å². The molecular formula is C19H21BrFN5O4S. The first-order valence-corrected chi connectivity index (χ1v) is 11.1. The molecule has 0 radical (unpaired) electrons. The van der Waals surface area contributed by atoms with Crippen molar-refractivity contribution in [3.63, 3.8) is 0 Å². The lowest BCUT2D eigenvalue weighted by Crippen LogP contribution is -2.26. The van der Waals surface area contributed by atoms with Crippen LogP contribution in [0, 0.1) is 12.7 Å². The summed E-state index contributed by atoms with van der Waals surface area (Å²) in [4.78, 5) is 30.4. The Morgan fingerprint density at radius 3 is 2.65 bits per heavy atom. The second-order valence-electron chi connectivity index (χ2n) is 6.93. The normalized spacial score (nSPS) is 11.4. The molecule has 166 valence electrons. The molecule has 0 bridgehead atoms. The third-order valence-corrected chi connectivity index (χ3v) is 6.59. The number of aromatic nitrogens is 5. The molecular weight excluding hydrogens is 493 g/mol. The zero-order valence-corrected chi connectivity index (χ0v) is 19.8. The molecule has 31 heavy (non-hydrogen) atoms. The van der Waals surface area contributed by atoms with Gasteiger partial charge in [0.1, 0.15) is 6.61 Å². The van der Waals surface area contributed by atoms with Crippen molar-refractivity contribution in [1.82, 2.24) is 23.7 Å². The zero-order valence-electron chi connectivity index (χ0n) is 17.3. The largest absolute Gasteiger partial charge is 0.474 e. The van der Waals surface area contributed by atoms with Crippen molar-refractivity contribution >= 4 is 33.2 Å². The standard InChI is InChI=1S/C19H21BrFN5O4S/c1-5-25-15(8-27)23-26(19(25)29)17-12(21)6-11(18(22-17)30-9(2)3)13(28)7-14-16(20)10(4)24-31-14/h6,9,27H,5,7-8H2,1-4H3. The Bertz CT molecular complexity index is 1190. The van der Waals surface area contributed by atoms with Gasteiger partial charge in [0.15, 0.2) is 23.2 Å². The number of ketones is 1. The average Bonchev–Trinajstić information content (AvgIpc) is 3.21. The Labute approximate surface area is 189 Å². The number of aliphatic hydroxyl groups excluding tert-OH is 1. The van der Waals surface area contributed by atoms with Crippen molar-refractivity contribution < 1.29 is 19.0 Å². The van der Waals surface area contributed by atoms with Gasteiger partial charge in [-0.15, -0.1) is 5.10 Å². The van der Waals surface area contributed by atoms with Gasteiger partial charge in [-0.1, -0.05) is 0 Å². The van der Waals surface area contributed by atoms with Crippen LogP contribution >= 0.6 is 27.5 Å². The molecule has 3 heterocycles. The maximum Gasteiger partial charge on any atom is 0.352 e. The van der Waals surface area contributed by atoms with E-state index in [0.29, 0.717) is 4.88 Å². The van der Waals surface area contributed by atoms with Gasteiger partial charge in [-0.25, -0.2) is 9.18 Å². The van der Waals surface area contributed by atoms with Gasteiger partial charge >= 0.3 is 5.69 Å². The molecule has 0 amide bonds. The minimum atomic E-state index is -0.911. The molecule has 0 spiro atoms. The van der Waals surface area contributed by atoms with Crippen LogP contribution in [0.25, 0.3) is 5.82 Å². The van der Waals surface area contributed by atoms with Crippen molar-refractivity contribution in [2.45, 2.75) is 53.4 Å². The summed E-state index contributed by atoms with van der Waals surface area (Å²) in [5, 5.41) is 13.4. The van der Waals surface area contributed by atoms with Gasteiger partial charge in [0, 0.05) is 17.8 Å². The topological polar surface area (TPSA) is 112 Å². The van der Waals surface area contributed by atoms with E-state index < -0.39 is 29.7 Å². The van der Waals surface area contributed by atoms with Gasteiger partial charge in [-0.2, -0.15) is 14.0 Å². The number of carbonyl (C=O) groups is 1. The molecule has 0 aliphatic rings. The molecule has 0 saturated carbocycles. The van der Waals surface area contributed by atoms with Gasteiger partial charge in [-0.3, -0.25) is 9.36 Å². The van der Waals surface area contributed by atoms with Crippen LogP contribution < -0.4 is 10.4 Å². The number of halogens is 2. The molecule has 0 aromatic carbocycles. The number of aryl methyl sites for hydroxylation is 1. The first-order chi connectivity index (χ1) is 14.7. The van der Waals surface area contributed by atoms with Crippen LogP contribution in [0.1, 0.15) is 47.5 Å². The van der Waals surface area contributed by atoms with E-state index in [1.54, 1.807) is 20.8 Å². The van der Waals surface area contributed by atoms with Crippen LogP contribution in [0.2, 0.25) is 0 Å². The highest BCUT2D eigenvalue weighted by atomic mass is 79.9. The Hall–Kier alpha value is -2.44. The van der Waals surface area contributed by atoms with Gasteiger partial charge in [0.2, 0.25) is 5.88 Å². The highest BCUT2D eigenvalue weighted by molar-refractivity contribution is 9.10. The Morgan fingerprint density at radius 1 is 1.42 bits per heavy atom. The van der Waals surface area contributed by atoms with Crippen LogP contribution in [-0.4, -0.2) is 40.7 Å².